The molecule has 0 unspecified atom stereocenters. The number of methoxy groups -OCH3 is 1. The van der Waals surface area contributed by atoms with E-state index in [0.717, 1.165) is 43.8 Å². The summed E-state index contributed by atoms with van der Waals surface area (Å²) in [6.07, 6.45) is 3.76. The Kier molecular flexibility index (Phi) is 6.80. The van der Waals surface area contributed by atoms with Gasteiger partial charge < -0.3 is 9.30 Å². The van der Waals surface area contributed by atoms with E-state index in [1.807, 2.05) is 72.9 Å². The van der Waals surface area contributed by atoms with Gasteiger partial charge in [-0.25, -0.2) is 4.79 Å². The van der Waals surface area contributed by atoms with Crippen molar-refractivity contribution in [3.05, 3.63) is 111 Å². The molecule has 5 rings (SSSR count). The summed E-state index contributed by atoms with van der Waals surface area (Å²) in [6, 6.07) is 22.8. The Morgan fingerprint density at radius 1 is 0.972 bits per heavy atom. The van der Waals surface area contributed by atoms with Gasteiger partial charge in [0.1, 0.15) is 0 Å². The molecule has 6 nitrogen and oxygen atoms in total. The largest absolute Gasteiger partial charge is 0.465 e. The number of rotatable bonds is 6. The maximum absolute atomic E-state index is 13.1. The molecule has 0 bridgehead atoms. The lowest BCUT2D eigenvalue weighted by molar-refractivity contribution is -0.123. The van der Waals surface area contributed by atoms with Gasteiger partial charge in [0.05, 0.1) is 24.1 Å². The third kappa shape index (κ3) is 4.87. The fraction of sp³-hybridized carbons (Fsp3) is 0.107. The van der Waals surface area contributed by atoms with Crippen LogP contribution < -0.4 is 0 Å². The number of thioether (sulfide) groups is 1. The molecule has 2 amide bonds. The lowest BCUT2D eigenvalue weighted by Crippen LogP contribution is -2.27. The molecule has 180 valence electrons. The van der Waals surface area contributed by atoms with Gasteiger partial charge in [0.25, 0.3) is 11.1 Å². The van der Waals surface area contributed by atoms with E-state index in [0.29, 0.717) is 17.0 Å². The number of para-hydroxylation sites is 1. The molecule has 3 aromatic carbocycles. The molecule has 1 fully saturated rings. The van der Waals surface area contributed by atoms with Crippen LogP contribution in [0.1, 0.15) is 27.0 Å². The lowest BCUT2D eigenvalue weighted by Gasteiger charge is -2.12. The number of nitrogens with zero attached hydrogens (tertiary/aromatic N) is 2. The average Bonchev–Trinajstić information content (AvgIpc) is 3.36. The van der Waals surface area contributed by atoms with E-state index in [1.165, 1.54) is 12.0 Å². The summed E-state index contributed by atoms with van der Waals surface area (Å²) < 4.78 is 7.85. The van der Waals surface area contributed by atoms with Gasteiger partial charge in [0.2, 0.25) is 0 Å². The predicted molar refractivity (Wildman–Crippen MR) is 144 cm³/mol. The van der Waals surface area contributed by atoms with Crippen molar-refractivity contribution in [3.63, 3.8) is 0 Å². The Bertz CT molecular complexity index is 1520. The molecule has 0 spiro atoms. The van der Waals surface area contributed by atoms with E-state index in [2.05, 4.69) is 20.5 Å². The van der Waals surface area contributed by atoms with Crippen molar-refractivity contribution in [2.24, 2.45) is 0 Å². The predicted octanol–water partition coefficient (Wildman–Crippen LogP) is 6.48. The van der Waals surface area contributed by atoms with Gasteiger partial charge in [-0.1, -0.05) is 58.4 Å². The van der Waals surface area contributed by atoms with Crippen LogP contribution in [-0.4, -0.2) is 33.7 Å². The number of carbonyl (C=O) groups is 3. The van der Waals surface area contributed by atoms with Crippen molar-refractivity contribution in [2.45, 2.75) is 13.1 Å². The van der Waals surface area contributed by atoms with Crippen molar-refractivity contribution >= 4 is 61.8 Å². The number of halogens is 1. The molecule has 8 heteroatoms. The van der Waals surface area contributed by atoms with E-state index in [1.54, 1.807) is 12.1 Å². The first-order valence-corrected chi connectivity index (χ1v) is 12.8. The fourth-order valence-corrected chi connectivity index (χ4v) is 5.28. The second-order valence-electron chi connectivity index (χ2n) is 8.32. The zero-order valence-electron chi connectivity index (χ0n) is 19.3. The van der Waals surface area contributed by atoms with Crippen LogP contribution in [0, 0.1) is 0 Å². The number of esters is 1. The summed E-state index contributed by atoms with van der Waals surface area (Å²) in [6.45, 7) is 0.762. The number of ether oxygens (including phenoxy) is 1. The van der Waals surface area contributed by atoms with Crippen LogP contribution in [0.5, 0.6) is 0 Å². The Balaban J connectivity index is 1.44. The third-order valence-electron chi connectivity index (χ3n) is 5.93. The first-order valence-electron chi connectivity index (χ1n) is 11.2. The Labute approximate surface area is 220 Å². The van der Waals surface area contributed by atoms with Crippen LogP contribution in [0.4, 0.5) is 4.79 Å². The first-order chi connectivity index (χ1) is 17.4. The van der Waals surface area contributed by atoms with Crippen LogP contribution in [0.25, 0.3) is 17.0 Å². The normalized spacial score (nSPS) is 14.7. The van der Waals surface area contributed by atoms with Crippen molar-refractivity contribution in [2.75, 3.05) is 7.11 Å². The fourth-order valence-electron chi connectivity index (χ4n) is 4.18. The van der Waals surface area contributed by atoms with Gasteiger partial charge in [0.15, 0.2) is 0 Å². The highest BCUT2D eigenvalue weighted by Gasteiger charge is 2.35. The Morgan fingerprint density at radius 2 is 1.75 bits per heavy atom. The molecule has 0 aliphatic carbocycles. The van der Waals surface area contributed by atoms with E-state index >= 15 is 0 Å². The summed E-state index contributed by atoms with van der Waals surface area (Å²) >= 11 is 4.36. The highest BCUT2D eigenvalue weighted by atomic mass is 79.9. The summed E-state index contributed by atoms with van der Waals surface area (Å²) in [7, 11) is 1.36. The topological polar surface area (TPSA) is 68.6 Å². The standard InChI is InChI=1S/C28H21BrN2O4S/c1-35-27(33)20-6-4-5-19(13-20)15-30-17-21(23-7-2-3-8-24(23)30)14-25-26(32)31(28(34)36-25)16-18-9-11-22(29)12-10-18/h2-14,17H,15-16H2,1H3/b25-14-. The van der Waals surface area contributed by atoms with Crippen molar-refractivity contribution in [1.29, 1.82) is 0 Å². The number of benzene rings is 3. The van der Waals surface area contributed by atoms with Crippen LogP contribution in [0.15, 0.2) is 88.4 Å². The minimum Gasteiger partial charge on any atom is -0.465 e. The number of fused-ring (bicyclic) bond motifs is 1. The van der Waals surface area contributed by atoms with Crippen molar-refractivity contribution in [1.82, 2.24) is 9.47 Å². The van der Waals surface area contributed by atoms with Crippen molar-refractivity contribution in [3.8, 4) is 0 Å². The van der Waals surface area contributed by atoms with Gasteiger partial charge in [-0.05, 0) is 59.3 Å². The van der Waals surface area contributed by atoms with Gasteiger partial charge in [-0.3, -0.25) is 14.5 Å². The summed E-state index contributed by atoms with van der Waals surface area (Å²) in [5.74, 6) is -0.677. The number of carbonyl (C=O) groups excluding carboxylic acids is 3. The molecular formula is C28H21BrN2O4S. The number of hydrogen-bond acceptors (Lipinski definition) is 5. The maximum atomic E-state index is 13.1. The van der Waals surface area contributed by atoms with Gasteiger partial charge in [-0.2, -0.15) is 0 Å². The zero-order valence-corrected chi connectivity index (χ0v) is 21.7. The van der Waals surface area contributed by atoms with E-state index in [-0.39, 0.29) is 23.7 Å². The van der Waals surface area contributed by atoms with E-state index in [9.17, 15) is 14.4 Å². The summed E-state index contributed by atoms with van der Waals surface area (Å²) in [4.78, 5) is 39.4. The number of aromatic nitrogens is 1. The minimum atomic E-state index is -0.381. The maximum Gasteiger partial charge on any atom is 0.337 e. The molecule has 1 aliphatic rings. The van der Waals surface area contributed by atoms with Crippen LogP contribution >= 0.6 is 27.7 Å². The molecule has 2 heterocycles. The quantitative estimate of drug-likeness (QED) is 0.199. The molecule has 4 aromatic rings. The average molecular weight is 561 g/mol. The smallest absolute Gasteiger partial charge is 0.337 e. The van der Waals surface area contributed by atoms with Crippen LogP contribution in [0.2, 0.25) is 0 Å². The Hall–Kier alpha value is -3.62. The van der Waals surface area contributed by atoms with Gasteiger partial charge in [-0.15, -0.1) is 0 Å². The molecule has 36 heavy (non-hydrogen) atoms. The molecule has 1 aromatic heterocycles. The number of amides is 2. The summed E-state index contributed by atoms with van der Waals surface area (Å²) in [5.41, 5.74) is 4.16. The molecule has 0 N–H and O–H groups in total. The summed E-state index contributed by atoms with van der Waals surface area (Å²) in [5, 5.41) is 0.693. The zero-order chi connectivity index (χ0) is 25.2. The Morgan fingerprint density at radius 3 is 2.53 bits per heavy atom. The molecular weight excluding hydrogens is 540 g/mol. The monoisotopic (exact) mass is 560 g/mol. The van der Waals surface area contributed by atoms with Gasteiger partial charge in [0, 0.05) is 33.7 Å². The highest BCUT2D eigenvalue weighted by Crippen LogP contribution is 2.35. The van der Waals surface area contributed by atoms with Crippen LogP contribution in [-0.2, 0) is 22.6 Å². The number of imide groups is 1. The van der Waals surface area contributed by atoms with Gasteiger partial charge >= 0.3 is 5.97 Å². The minimum absolute atomic E-state index is 0.230. The second-order valence-corrected chi connectivity index (χ2v) is 10.2. The second kappa shape index (κ2) is 10.2. The van der Waals surface area contributed by atoms with E-state index in [4.69, 9.17) is 4.74 Å². The highest BCUT2D eigenvalue weighted by molar-refractivity contribution is 9.10. The SMILES string of the molecule is COC(=O)c1cccc(Cn2cc(/C=C3\SC(=O)N(Cc4ccc(Br)cc4)C3=O)c3ccccc32)c1. The molecule has 1 aliphatic heterocycles. The molecule has 0 atom stereocenters. The lowest BCUT2D eigenvalue weighted by atomic mass is 10.1. The third-order valence-corrected chi connectivity index (χ3v) is 7.37. The number of hydrogen-bond donors (Lipinski definition) is 0. The van der Waals surface area contributed by atoms with E-state index < -0.39 is 0 Å². The van der Waals surface area contributed by atoms with Crippen molar-refractivity contribution < 1.29 is 19.1 Å². The van der Waals surface area contributed by atoms with Crippen LogP contribution in [0.3, 0.4) is 0 Å². The first kappa shape index (κ1) is 24.1. The molecule has 0 radical (unpaired) electrons. The molecule has 1 saturated heterocycles. The molecule has 0 saturated carbocycles.